The summed E-state index contributed by atoms with van der Waals surface area (Å²) in [7, 11) is 0. The molecule has 76 valence electrons. The molecule has 0 atom stereocenters. The highest BCUT2D eigenvalue weighted by atomic mass is 79.9. The maximum atomic E-state index is 13.2. The quantitative estimate of drug-likeness (QED) is 0.422. The Bertz CT molecular complexity index is 379. The van der Waals surface area contributed by atoms with Crippen molar-refractivity contribution < 1.29 is 13.6 Å². The standard InChI is InChI=1S/C8H3Br3F2O/c9-3-1-2-4(12)6(13)5(3)7(14)8(10)11/h1-2,8H. The van der Waals surface area contributed by atoms with Crippen molar-refractivity contribution in [3.05, 3.63) is 33.8 Å². The zero-order chi connectivity index (χ0) is 10.9. The van der Waals surface area contributed by atoms with Gasteiger partial charge in [-0.15, -0.1) is 0 Å². The molecule has 0 N–H and O–H groups in total. The summed E-state index contributed by atoms with van der Waals surface area (Å²) in [5, 5.41) is 0. The molecule has 0 saturated carbocycles. The van der Waals surface area contributed by atoms with E-state index >= 15 is 0 Å². The highest BCUT2D eigenvalue weighted by molar-refractivity contribution is 9.25. The van der Waals surface area contributed by atoms with Crippen molar-refractivity contribution in [1.82, 2.24) is 0 Å². The molecule has 14 heavy (non-hydrogen) atoms. The van der Waals surface area contributed by atoms with E-state index in [1.807, 2.05) is 0 Å². The fraction of sp³-hybridized carbons (Fsp3) is 0.125. The first-order valence-corrected chi connectivity index (χ1v) is 6.03. The molecule has 1 aromatic carbocycles. The van der Waals surface area contributed by atoms with Crippen LogP contribution in [0.25, 0.3) is 0 Å². The number of hydrogen-bond acceptors (Lipinski definition) is 1. The molecule has 1 nitrogen and oxygen atoms in total. The Morgan fingerprint density at radius 3 is 2.36 bits per heavy atom. The summed E-state index contributed by atoms with van der Waals surface area (Å²) in [6.07, 6.45) is 0. The monoisotopic (exact) mass is 390 g/mol. The van der Waals surface area contributed by atoms with E-state index in [1.54, 1.807) is 0 Å². The molecule has 1 aromatic rings. The average molecular weight is 393 g/mol. The zero-order valence-electron chi connectivity index (χ0n) is 6.53. The van der Waals surface area contributed by atoms with Gasteiger partial charge in [0.05, 0.1) is 5.56 Å². The molecule has 1 rings (SSSR count). The fourth-order valence-corrected chi connectivity index (χ4v) is 1.82. The molecular formula is C8H3Br3F2O. The van der Waals surface area contributed by atoms with E-state index in [0.29, 0.717) is 0 Å². The van der Waals surface area contributed by atoms with Crippen molar-refractivity contribution in [2.45, 2.75) is 3.74 Å². The lowest BCUT2D eigenvalue weighted by Crippen LogP contribution is -2.11. The van der Waals surface area contributed by atoms with E-state index in [9.17, 15) is 13.6 Å². The van der Waals surface area contributed by atoms with Crippen molar-refractivity contribution in [2.24, 2.45) is 0 Å². The van der Waals surface area contributed by atoms with Crippen LogP contribution in [-0.4, -0.2) is 9.52 Å². The summed E-state index contributed by atoms with van der Waals surface area (Å²) in [5.41, 5.74) is -0.302. The van der Waals surface area contributed by atoms with E-state index in [-0.39, 0.29) is 10.0 Å². The smallest absolute Gasteiger partial charge is 0.191 e. The molecule has 6 heteroatoms. The molecule has 0 aromatic heterocycles. The van der Waals surface area contributed by atoms with Crippen LogP contribution >= 0.6 is 47.8 Å². The number of ketones is 1. The molecule has 0 bridgehead atoms. The van der Waals surface area contributed by atoms with Crippen LogP contribution in [0, 0.1) is 11.6 Å². The maximum Gasteiger partial charge on any atom is 0.191 e. The Hall–Kier alpha value is 0.190. The van der Waals surface area contributed by atoms with Gasteiger partial charge in [-0.1, -0.05) is 31.9 Å². The first kappa shape index (κ1) is 12.3. The summed E-state index contributed by atoms with van der Waals surface area (Å²) in [6, 6.07) is 2.24. The maximum absolute atomic E-state index is 13.2. The minimum absolute atomic E-state index is 0.227. The second-order valence-electron chi connectivity index (χ2n) is 2.38. The molecule has 0 aliphatic rings. The Kier molecular flexibility index (Phi) is 4.21. The van der Waals surface area contributed by atoms with Gasteiger partial charge in [0.25, 0.3) is 0 Å². The van der Waals surface area contributed by atoms with Crippen molar-refractivity contribution in [1.29, 1.82) is 0 Å². The van der Waals surface area contributed by atoms with Crippen LogP contribution in [0.4, 0.5) is 8.78 Å². The van der Waals surface area contributed by atoms with Gasteiger partial charge in [0.2, 0.25) is 0 Å². The number of halogens is 5. The number of carbonyl (C=O) groups excluding carboxylic acids is 1. The number of rotatable bonds is 2. The van der Waals surface area contributed by atoms with Crippen LogP contribution in [-0.2, 0) is 0 Å². The van der Waals surface area contributed by atoms with Crippen LogP contribution in [0.3, 0.4) is 0 Å². The minimum Gasteiger partial charge on any atom is -0.292 e. The van der Waals surface area contributed by atoms with Gasteiger partial charge in [-0.2, -0.15) is 0 Å². The second-order valence-corrected chi connectivity index (χ2v) is 6.30. The lowest BCUT2D eigenvalue weighted by atomic mass is 10.1. The highest BCUT2D eigenvalue weighted by Crippen LogP contribution is 2.26. The molecule has 0 unspecified atom stereocenters. The summed E-state index contributed by atoms with van der Waals surface area (Å²) < 4.78 is 25.5. The molecule has 0 radical (unpaired) electrons. The van der Waals surface area contributed by atoms with Crippen molar-refractivity contribution in [3.8, 4) is 0 Å². The Balaban J connectivity index is 3.33. The Morgan fingerprint density at radius 1 is 1.29 bits per heavy atom. The Labute approximate surface area is 104 Å². The second kappa shape index (κ2) is 4.81. The van der Waals surface area contributed by atoms with Crippen LogP contribution in [0.15, 0.2) is 16.6 Å². The van der Waals surface area contributed by atoms with E-state index in [4.69, 9.17) is 0 Å². The largest absolute Gasteiger partial charge is 0.292 e. The predicted octanol–water partition coefficient (Wildman–Crippen LogP) is 4.03. The predicted molar refractivity (Wildman–Crippen MR) is 60.0 cm³/mol. The summed E-state index contributed by atoms with van der Waals surface area (Å²) in [6.45, 7) is 0. The molecule has 0 spiro atoms. The number of carbonyl (C=O) groups is 1. The molecule has 0 amide bonds. The fourth-order valence-electron chi connectivity index (χ4n) is 0.862. The van der Waals surface area contributed by atoms with Crippen LogP contribution in [0.2, 0.25) is 0 Å². The van der Waals surface area contributed by atoms with Gasteiger partial charge in [0.1, 0.15) is 3.74 Å². The van der Waals surface area contributed by atoms with Crippen molar-refractivity contribution in [3.63, 3.8) is 0 Å². The van der Waals surface area contributed by atoms with E-state index in [1.165, 1.54) is 6.07 Å². The molecule has 0 aliphatic carbocycles. The van der Waals surface area contributed by atoms with Gasteiger partial charge in [0, 0.05) is 4.47 Å². The number of alkyl halides is 2. The minimum atomic E-state index is -1.15. The zero-order valence-corrected chi connectivity index (χ0v) is 11.3. The van der Waals surface area contributed by atoms with E-state index < -0.39 is 21.2 Å². The van der Waals surface area contributed by atoms with Crippen LogP contribution in [0.5, 0.6) is 0 Å². The van der Waals surface area contributed by atoms with Gasteiger partial charge in [-0.05, 0) is 28.1 Å². The Morgan fingerprint density at radius 2 is 1.86 bits per heavy atom. The first-order chi connectivity index (χ1) is 6.45. The normalized spacial score (nSPS) is 10.7. The molecule has 0 fully saturated rings. The van der Waals surface area contributed by atoms with Gasteiger partial charge < -0.3 is 0 Å². The topological polar surface area (TPSA) is 17.1 Å². The van der Waals surface area contributed by atoms with Gasteiger partial charge in [-0.25, -0.2) is 8.78 Å². The third-order valence-electron chi connectivity index (χ3n) is 1.49. The molecule has 0 heterocycles. The summed E-state index contributed by atoms with van der Waals surface area (Å²) >= 11 is 8.83. The average Bonchev–Trinajstić information content (AvgIpc) is 2.12. The highest BCUT2D eigenvalue weighted by Gasteiger charge is 2.22. The molecule has 0 saturated heterocycles. The molecular weight excluding hydrogens is 390 g/mol. The summed E-state index contributed by atoms with van der Waals surface area (Å²) in [4.78, 5) is 11.4. The first-order valence-electron chi connectivity index (χ1n) is 3.41. The summed E-state index contributed by atoms with van der Waals surface area (Å²) in [5.74, 6) is -2.76. The third kappa shape index (κ3) is 2.41. The van der Waals surface area contributed by atoms with Gasteiger partial charge in [0.15, 0.2) is 17.4 Å². The van der Waals surface area contributed by atoms with Crippen LogP contribution < -0.4 is 0 Å². The van der Waals surface area contributed by atoms with Crippen molar-refractivity contribution >= 4 is 53.6 Å². The van der Waals surface area contributed by atoms with Crippen LogP contribution in [0.1, 0.15) is 10.4 Å². The number of hydrogen-bond donors (Lipinski definition) is 0. The van der Waals surface area contributed by atoms with E-state index in [0.717, 1.165) is 6.07 Å². The van der Waals surface area contributed by atoms with Crippen molar-refractivity contribution in [2.75, 3.05) is 0 Å². The number of Topliss-reactive ketones (excluding diaryl/α,β-unsaturated/α-hetero) is 1. The SMILES string of the molecule is O=C(c1c(Br)ccc(F)c1F)C(Br)Br. The van der Waals surface area contributed by atoms with Gasteiger partial charge >= 0.3 is 0 Å². The third-order valence-corrected chi connectivity index (χ3v) is 2.98. The lowest BCUT2D eigenvalue weighted by Gasteiger charge is -2.06. The van der Waals surface area contributed by atoms with E-state index in [2.05, 4.69) is 47.8 Å². The molecule has 0 aliphatic heterocycles. The lowest BCUT2D eigenvalue weighted by molar-refractivity contribution is 0.101. The van der Waals surface area contributed by atoms with Gasteiger partial charge in [-0.3, -0.25) is 4.79 Å². The number of benzene rings is 1.